The first-order valence-electron chi connectivity index (χ1n) is 8.21. The number of pyridine rings is 1. The van der Waals surface area contributed by atoms with Crippen molar-refractivity contribution in [1.82, 2.24) is 10.3 Å². The van der Waals surface area contributed by atoms with Crippen molar-refractivity contribution in [2.45, 2.75) is 6.54 Å². The van der Waals surface area contributed by atoms with E-state index in [1.165, 1.54) is 24.3 Å². The van der Waals surface area contributed by atoms with Crippen molar-refractivity contribution in [3.63, 3.8) is 0 Å². The third-order valence-corrected chi connectivity index (χ3v) is 3.64. The molecular weight excluding hydrogens is 347 g/mol. The Kier molecular flexibility index (Phi) is 5.73. The van der Waals surface area contributed by atoms with Crippen molar-refractivity contribution in [2.24, 2.45) is 0 Å². The van der Waals surface area contributed by atoms with Gasteiger partial charge in [-0.25, -0.2) is 9.18 Å². The first-order valence-corrected chi connectivity index (χ1v) is 8.21. The standard InChI is InChI=1S/C20H17FN4O2/c21-16-6-2-8-18(11-16)24-19(26)15-5-1-7-17(10-15)25-20(27)23-13-14-4-3-9-22-12-14/h1-12H,13H2,(H,24,26)(H2,23,25,27). The number of rotatable bonds is 5. The van der Waals surface area contributed by atoms with Crippen LogP contribution in [0.2, 0.25) is 0 Å². The fourth-order valence-corrected chi connectivity index (χ4v) is 2.37. The van der Waals surface area contributed by atoms with Crippen LogP contribution in [0.3, 0.4) is 0 Å². The second-order valence-corrected chi connectivity index (χ2v) is 5.71. The van der Waals surface area contributed by atoms with Crippen LogP contribution in [-0.2, 0) is 6.54 Å². The van der Waals surface area contributed by atoms with E-state index in [1.54, 1.807) is 42.7 Å². The van der Waals surface area contributed by atoms with Gasteiger partial charge in [0.2, 0.25) is 0 Å². The molecule has 7 heteroatoms. The zero-order valence-electron chi connectivity index (χ0n) is 14.3. The summed E-state index contributed by atoms with van der Waals surface area (Å²) in [6.07, 6.45) is 3.32. The SMILES string of the molecule is O=C(NCc1cccnc1)Nc1cccc(C(=O)Nc2cccc(F)c2)c1. The maximum atomic E-state index is 13.2. The lowest BCUT2D eigenvalue weighted by Gasteiger charge is -2.09. The lowest BCUT2D eigenvalue weighted by Crippen LogP contribution is -2.28. The summed E-state index contributed by atoms with van der Waals surface area (Å²) in [5.41, 5.74) is 2.03. The molecule has 0 radical (unpaired) electrons. The van der Waals surface area contributed by atoms with Gasteiger partial charge in [0.15, 0.2) is 0 Å². The molecule has 1 heterocycles. The average molecular weight is 364 g/mol. The van der Waals surface area contributed by atoms with Crippen molar-refractivity contribution in [3.8, 4) is 0 Å². The number of nitrogens with one attached hydrogen (secondary N) is 3. The van der Waals surface area contributed by atoms with Gasteiger partial charge in [0.05, 0.1) is 0 Å². The van der Waals surface area contributed by atoms with E-state index < -0.39 is 17.8 Å². The molecule has 3 amide bonds. The molecule has 0 aliphatic rings. The van der Waals surface area contributed by atoms with Crippen molar-refractivity contribution >= 4 is 23.3 Å². The molecule has 0 atom stereocenters. The highest BCUT2D eigenvalue weighted by Crippen LogP contribution is 2.14. The number of anilines is 2. The second-order valence-electron chi connectivity index (χ2n) is 5.71. The van der Waals surface area contributed by atoms with Crippen LogP contribution in [0.25, 0.3) is 0 Å². The Balaban J connectivity index is 1.59. The van der Waals surface area contributed by atoms with Crippen LogP contribution < -0.4 is 16.0 Å². The summed E-state index contributed by atoms with van der Waals surface area (Å²) >= 11 is 0. The quantitative estimate of drug-likeness (QED) is 0.644. The molecule has 3 aromatic rings. The zero-order chi connectivity index (χ0) is 19.1. The minimum absolute atomic E-state index is 0.333. The van der Waals surface area contributed by atoms with Gasteiger partial charge in [-0.3, -0.25) is 9.78 Å². The minimum atomic E-state index is -0.437. The first kappa shape index (κ1) is 18.1. The molecule has 3 rings (SSSR count). The summed E-state index contributed by atoms with van der Waals surface area (Å²) in [5.74, 6) is -0.839. The molecule has 0 aliphatic heterocycles. The monoisotopic (exact) mass is 364 g/mol. The molecule has 0 aliphatic carbocycles. The van der Waals surface area contributed by atoms with Gasteiger partial charge in [0.25, 0.3) is 5.91 Å². The topological polar surface area (TPSA) is 83.1 Å². The first-order chi connectivity index (χ1) is 13.1. The fraction of sp³-hybridized carbons (Fsp3) is 0.0500. The van der Waals surface area contributed by atoms with Crippen LogP contribution in [-0.4, -0.2) is 16.9 Å². The molecule has 0 fully saturated rings. The van der Waals surface area contributed by atoms with Crippen LogP contribution in [0.4, 0.5) is 20.6 Å². The number of benzene rings is 2. The molecule has 136 valence electrons. The van der Waals surface area contributed by atoms with Crippen molar-refractivity contribution < 1.29 is 14.0 Å². The average Bonchev–Trinajstić information content (AvgIpc) is 2.67. The highest BCUT2D eigenvalue weighted by atomic mass is 19.1. The molecule has 6 nitrogen and oxygen atoms in total. The Morgan fingerprint density at radius 2 is 1.70 bits per heavy atom. The van der Waals surface area contributed by atoms with E-state index >= 15 is 0 Å². The highest BCUT2D eigenvalue weighted by Gasteiger charge is 2.09. The highest BCUT2D eigenvalue weighted by molar-refractivity contribution is 6.05. The summed E-state index contributed by atoms with van der Waals surface area (Å²) in [5, 5.41) is 7.99. The predicted octanol–water partition coefficient (Wildman–Crippen LogP) is 3.79. The molecule has 0 saturated heterocycles. The van der Waals surface area contributed by atoms with Crippen molar-refractivity contribution in [3.05, 3.63) is 90.0 Å². The maximum Gasteiger partial charge on any atom is 0.319 e. The van der Waals surface area contributed by atoms with E-state index in [-0.39, 0.29) is 0 Å². The molecule has 0 spiro atoms. The number of aromatic nitrogens is 1. The fourth-order valence-electron chi connectivity index (χ4n) is 2.37. The van der Waals surface area contributed by atoms with Crippen LogP contribution in [0.5, 0.6) is 0 Å². The zero-order valence-corrected chi connectivity index (χ0v) is 14.3. The lowest BCUT2D eigenvalue weighted by molar-refractivity contribution is 0.102. The predicted molar refractivity (Wildman–Crippen MR) is 101 cm³/mol. The lowest BCUT2D eigenvalue weighted by atomic mass is 10.2. The van der Waals surface area contributed by atoms with E-state index in [0.717, 1.165) is 5.56 Å². The number of hydrogen-bond donors (Lipinski definition) is 3. The Hall–Kier alpha value is -3.74. The van der Waals surface area contributed by atoms with Gasteiger partial charge in [0.1, 0.15) is 5.82 Å². The molecule has 0 unspecified atom stereocenters. The van der Waals surface area contributed by atoms with Gasteiger partial charge in [-0.05, 0) is 48.0 Å². The number of carbonyl (C=O) groups excluding carboxylic acids is 2. The minimum Gasteiger partial charge on any atom is -0.334 e. The molecule has 27 heavy (non-hydrogen) atoms. The molecular formula is C20H17FN4O2. The molecule has 0 saturated carbocycles. The Labute approximate surface area is 155 Å². The van der Waals surface area contributed by atoms with Crippen molar-refractivity contribution in [2.75, 3.05) is 10.6 Å². The van der Waals surface area contributed by atoms with E-state index in [2.05, 4.69) is 20.9 Å². The van der Waals surface area contributed by atoms with Gasteiger partial charge >= 0.3 is 6.03 Å². The molecule has 0 bridgehead atoms. The van der Waals surface area contributed by atoms with Crippen LogP contribution in [0.15, 0.2) is 73.1 Å². The number of urea groups is 1. The summed E-state index contributed by atoms with van der Waals surface area (Å²) in [6.45, 7) is 0.333. The van der Waals surface area contributed by atoms with E-state index in [0.29, 0.717) is 23.5 Å². The number of halogens is 1. The molecule has 1 aromatic heterocycles. The number of carbonyl (C=O) groups is 2. The summed E-state index contributed by atoms with van der Waals surface area (Å²) in [7, 11) is 0. The molecule has 3 N–H and O–H groups in total. The third-order valence-electron chi connectivity index (χ3n) is 3.64. The second kappa shape index (κ2) is 8.57. The van der Waals surface area contributed by atoms with Gasteiger partial charge in [-0.1, -0.05) is 18.2 Å². The maximum absolute atomic E-state index is 13.2. The van der Waals surface area contributed by atoms with Gasteiger partial charge in [0, 0.05) is 35.9 Å². The number of amides is 3. The van der Waals surface area contributed by atoms with Crippen molar-refractivity contribution in [1.29, 1.82) is 0 Å². The Morgan fingerprint density at radius 3 is 2.44 bits per heavy atom. The number of hydrogen-bond acceptors (Lipinski definition) is 3. The van der Waals surface area contributed by atoms with Crippen LogP contribution >= 0.6 is 0 Å². The van der Waals surface area contributed by atoms with Gasteiger partial charge < -0.3 is 16.0 Å². The number of nitrogens with zero attached hydrogens (tertiary/aromatic N) is 1. The van der Waals surface area contributed by atoms with Gasteiger partial charge in [-0.15, -0.1) is 0 Å². The van der Waals surface area contributed by atoms with Crippen LogP contribution in [0, 0.1) is 5.82 Å². The normalized spacial score (nSPS) is 10.1. The van der Waals surface area contributed by atoms with E-state index in [1.807, 2.05) is 6.07 Å². The van der Waals surface area contributed by atoms with E-state index in [4.69, 9.17) is 0 Å². The Morgan fingerprint density at radius 1 is 0.926 bits per heavy atom. The van der Waals surface area contributed by atoms with E-state index in [9.17, 15) is 14.0 Å². The van der Waals surface area contributed by atoms with Crippen LogP contribution in [0.1, 0.15) is 15.9 Å². The smallest absolute Gasteiger partial charge is 0.319 e. The summed E-state index contributed by atoms with van der Waals surface area (Å²) in [4.78, 5) is 28.3. The molecule has 2 aromatic carbocycles. The van der Waals surface area contributed by atoms with Gasteiger partial charge in [-0.2, -0.15) is 0 Å². The third kappa shape index (κ3) is 5.37. The largest absolute Gasteiger partial charge is 0.334 e. The summed E-state index contributed by atoms with van der Waals surface area (Å²) in [6, 6.07) is 15.3. The Bertz CT molecular complexity index is 947. The summed E-state index contributed by atoms with van der Waals surface area (Å²) < 4.78 is 13.2.